The molecule has 0 fully saturated rings. The van der Waals surface area contributed by atoms with Crippen LogP contribution in [-0.4, -0.2) is 26.8 Å². The molecule has 1 atom stereocenters. The van der Waals surface area contributed by atoms with Crippen molar-refractivity contribution in [3.63, 3.8) is 0 Å². The number of aromatic hydroxyl groups is 1. The van der Waals surface area contributed by atoms with Gasteiger partial charge >= 0.3 is 0 Å². The Labute approximate surface area is 135 Å². The molecule has 1 aliphatic rings. The second-order valence-corrected chi connectivity index (χ2v) is 5.50. The van der Waals surface area contributed by atoms with Crippen molar-refractivity contribution < 1.29 is 24.7 Å². The number of non-ortho nitro benzene ring substituents is 1. The van der Waals surface area contributed by atoms with Gasteiger partial charge in [-0.1, -0.05) is 11.6 Å². The normalized spacial score (nSPS) is 19.6. The summed E-state index contributed by atoms with van der Waals surface area (Å²) in [4.78, 5) is 35.3. The third-order valence-electron chi connectivity index (χ3n) is 3.91. The van der Waals surface area contributed by atoms with Crippen LogP contribution >= 0.6 is 0 Å². The Morgan fingerprint density at radius 3 is 2.54 bits per heavy atom. The zero-order valence-electron chi connectivity index (χ0n) is 12.4. The van der Waals surface area contributed by atoms with Gasteiger partial charge in [-0.3, -0.25) is 19.7 Å². The quantitative estimate of drug-likeness (QED) is 0.436. The molecule has 8 heteroatoms. The second kappa shape index (κ2) is 5.14. The number of rotatable bonds is 2. The zero-order chi connectivity index (χ0) is 17.6. The molecule has 122 valence electrons. The lowest BCUT2D eigenvalue weighted by molar-refractivity contribution is -0.384. The van der Waals surface area contributed by atoms with Gasteiger partial charge in [0.25, 0.3) is 11.6 Å². The SMILES string of the molecule is Cc1ccc(O)c(C2(O)C(=O)Nc3ccc([N+](=O)[O-])cc3C2=O)c1. The molecular weight excluding hydrogens is 316 g/mol. The van der Waals surface area contributed by atoms with Gasteiger partial charge in [0.2, 0.25) is 11.4 Å². The lowest BCUT2D eigenvalue weighted by Gasteiger charge is -2.31. The average Bonchev–Trinajstić information content (AvgIpc) is 2.54. The Morgan fingerprint density at radius 2 is 1.88 bits per heavy atom. The van der Waals surface area contributed by atoms with Crippen LogP contribution in [0, 0.1) is 17.0 Å². The van der Waals surface area contributed by atoms with Crippen molar-refractivity contribution in [2.75, 3.05) is 5.32 Å². The summed E-state index contributed by atoms with van der Waals surface area (Å²) in [6.45, 7) is 1.66. The largest absolute Gasteiger partial charge is 0.508 e. The molecule has 0 spiro atoms. The summed E-state index contributed by atoms with van der Waals surface area (Å²) in [5, 5.41) is 34.0. The summed E-state index contributed by atoms with van der Waals surface area (Å²) in [5.74, 6) is -2.50. The van der Waals surface area contributed by atoms with E-state index in [0.717, 1.165) is 12.1 Å². The number of ketones is 1. The van der Waals surface area contributed by atoms with E-state index in [9.17, 15) is 29.9 Å². The Morgan fingerprint density at radius 1 is 1.17 bits per heavy atom. The zero-order valence-corrected chi connectivity index (χ0v) is 12.4. The lowest BCUT2D eigenvalue weighted by atomic mass is 9.80. The number of hydrogen-bond acceptors (Lipinski definition) is 6. The number of Topliss-reactive ketones (excluding diaryl/α,β-unsaturated/α-hetero) is 1. The van der Waals surface area contributed by atoms with E-state index in [0.29, 0.717) is 5.56 Å². The molecule has 0 saturated carbocycles. The number of aliphatic hydroxyl groups is 1. The van der Waals surface area contributed by atoms with Crippen LogP contribution in [0.15, 0.2) is 36.4 Å². The molecule has 0 aliphatic carbocycles. The van der Waals surface area contributed by atoms with E-state index in [1.807, 2.05) is 0 Å². The minimum absolute atomic E-state index is 0.0624. The van der Waals surface area contributed by atoms with Crippen molar-refractivity contribution in [3.05, 3.63) is 63.2 Å². The molecule has 1 unspecified atom stereocenters. The van der Waals surface area contributed by atoms with Gasteiger partial charge in [0.05, 0.1) is 16.2 Å². The fourth-order valence-electron chi connectivity index (χ4n) is 2.64. The van der Waals surface area contributed by atoms with Crippen molar-refractivity contribution in [3.8, 4) is 5.75 Å². The summed E-state index contributed by atoms with van der Waals surface area (Å²) in [6.07, 6.45) is 0. The Kier molecular flexibility index (Phi) is 3.34. The third-order valence-corrected chi connectivity index (χ3v) is 3.91. The first-order valence-corrected chi connectivity index (χ1v) is 6.92. The minimum Gasteiger partial charge on any atom is -0.508 e. The summed E-state index contributed by atoms with van der Waals surface area (Å²) < 4.78 is 0. The maximum absolute atomic E-state index is 12.7. The number of phenolic OH excluding ortho intramolecular Hbond substituents is 1. The molecule has 1 amide bonds. The number of benzene rings is 2. The highest BCUT2D eigenvalue weighted by Crippen LogP contribution is 2.39. The van der Waals surface area contributed by atoms with Crippen LogP contribution in [-0.2, 0) is 10.4 Å². The fourth-order valence-corrected chi connectivity index (χ4v) is 2.64. The molecule has 0 aromatic heterocycles. The molecule has 3 N–H and O–H groups in total. The van der Waals surface area contributed by atoms with Gasteiger partial charge in [-0.25, -0.2) is 0 Å². The van der Waals surface area contributed by atoms with Crippen LogP contribution in [0.4, 0.5) is 11.4 Å². The predicted octanol–water partition coefficient (Wildman–Crippen LogP) is 1.63. The third kappa shape index (κ3) is 2.12. The molecule has 2 aromatic carbocycles. The van der Waals surface area contributed by atoms with Crippen molar-refractivity contribution in [2.45, 2.75) is 12.5 Å². The summed E-state index contributed by atoms with van der Waals surface area (Å²) in [5.41, 5.74) is -2.82. The number of aryl methyl sites for hydroxylation is 1. The van der Waals surface area contributed by atoms with Gasteiger partial charge in [-0.05, 0) is 25.1 Å². The Hall–Kier alpha value is -3.26. The number of nitro groups is 1. The average molecular weight is 328 g/mol. The van der Waals surface area contributed by atoms with Crippen LogP contribution in [0.25, 0.3) is 0 Å². The molecular formula is C16H12N2O6. The number of carbonyl (C=O) groups is 2. The maximum atomic E-state index is 12.7. The van der Waals surface area contributed by atoms with Gasteiger partial charge in [0, 0.05) is 17.7 Å². The highest BCUT2D eigenvalue weighted by atomic mass is 16.6. The van der Waals surface area contributed by atoms with E-state index in [2.05, 4.69) is 5.32 Å². The first-order chi connectivity index (χ1) is 11.2. The summed E-state index contributed by atoms with van der Waals surface area (Å²) in [7, 11) is 0. The predicted molar refractivity (Wildman–Crippen MR) is 82.8 cm³/mol. The molecule has 2 aromatic rings. The van der Waals surface area contributed by atoms with E-state index >= 15 is 0 Å². The Bertz CT molecular complexity index is 907. The number of nitro benzene ring substituents is 1. The highest BCUT2D eigenvalue weighted by Gasteiger charge is 2.51. The molecule has 0 saturated heterocycles. The topological polar surface area (TPSA) is 130 Å². The monoisotopic (exact) mass is 328 g/mol. The maximum Gasteiger partial charge on any atom is 0.270 e. The van der Waals surface area contributed by atoms with E-state index in [4.69, 9.17) is 0 Å². The standard InChI is InChI=1S/C16H12N2O6/c1-8-2-5-13(19)11(6-8)16(22)14(20)10-7-9(18(23)24)3-4-12(10)17-15(16)21/h2-7,19,22H,1H3,(H,17,21). The molecule has 24 heavy (non-hydrogen) atoms. The van der Waals surface area contributed by atoms with E-state index in [1.54, 1.807) is 13.0 Å². The van der Waals surface area contributed by atoms with E-state index in [-0.39, 0.29) is 22.5 Å². The van der Waals surface area contributed by atoms with Crippen LogP contribution in [0.5, 0.6) is 5.75 Å². The number of nitrogens with zero attached hydrogens (tertiary/aromatic N) is 1. The van der Waals surface area contributed by atoms with Crippen molar-refractivity contribution in [1.82, 2.24) is 0 Å². The van der Waals surface area contributed by atoms with Crippen LogP contribution < -0.4 is 5.32 Å². The van der Waals surface area contributed by atoms with Crippen molar-refractivity contribution in [1.29, 1.82) is 0 Å². The van der Waals surface area contributed by atoms with Crippen LogP contribution in [0.3, 0.4) is 0 Å². The smallest absolute Gasteiger partial charge is 0.270 e. The number of hydrogen-bond donors (Lipinski definition) is 3. The molecule has 0 bridgehead atoms. The first kappa shape index (κ1) is 15.6. The summed E-state index contributed by atoms with van der Waals surface area (Å²) in [6, 6.07) is 7.46. The summed E-state index contributed by atoms with van der Waals surface area (Å²) >= 11 is 0. The second-order valence-electron chi connectivity index (χ2n) is 5.50. The van der Waals surface area contributed by atoms with Gasteiger partial charge in [-0.2, -0.15) is 0 Å². The Balaban J connectivity index is 2.22. The minimum atomic E-state index is -2.67. The van der Waals surface area contributed by atoms with Crippen molar-refractivity contribution in [2.24, 2.45) is 0 Å². The first-order valence-electron chi connectivity index (χ1n) is 6.92. The van der Waals surface area contributed by atoms with Crippen LogP contribution in [0.1, 0.15) is 21.5 Å². The van der Waals surface area contributed by atoms with Crippen LogP contribution in [0.2, 0.25) is 0 Å². The van der Waals surface area contributed by atoms with Gasteiger partial charge in [0.15, 0.2) is 0 Å². The molecule has 0 radical (unpaired) electrons. The number of fused-ring (bicyclic) bond motifs is 1. The number of amides is 1. The van der Waals surface area contributed by atoms with Gasteiger partial charge < -0.3 is 15.5 Å². The molecule has 3 rings (SSSR count). The fraction of sp³-hybridized carbons (Fsp3) is 0.125. The van der Waals surface area contributed by atoms with Gasteiger partial charge in [0.1, 0.15) is 5.75 Å². The highest BCUT2D eigenvalue weighted by molar-refractivity contribution is 6.26. The number of phenols is 1. The lowest BCUT2D eigenvalue weighted by Crippen LogP contribution is -2.50. The van der Waals surface area contributed by atoms with E-state index < -0.39 is 28.0 Å². The number of nitrogens with one attached hydrogen (secondary N) is 1. The van der Waals surface area contributed by atoms with E-state index in [1.165, 1.54) is 18.2 Å². The molecule has 1 heterocycles. The van der Waals surface area contributed by atoms with Crippen molar-refractivity contribution >= 4 is 23.1 Å². The molecule has 1 aliphatic heterocycles. The molecule has 8 nitrogen and oxygen atoms in total. The van der Waals surface area contributed by atoms with Gasteiger partial charge in [-0.15, -0.1) is 0 Å². The number of anilines is 1. The number of carbonyl (C=O) groups excluding carboxylic acids is 2.